The number of benzene rings is 1. The second kappa shape index (κ2) is 6.79. The maximum atomic E-state index is 12.6. The first-order chi connectivity index (χ1) is 12.4. The SMILES string of the molecule is COC(=O)c1cc(/C=C/c2ccccc2)c2c(=O)n(C)c(=O)n(C)c2n1. The molecule has 1 aromatic carbocycles. The first kappa shape index (κ1) is 17.3. The zero-order valence-corrected chi connectivity index (χ0v) is 14.6. The molecule has 0 N–H and O–H groups in total. The Bertz CT molecular complexity index is 1140. The number of nitrogens with zero attached hydrogens (tertiary/aromatic N) is 3. The Morgan fingerprint density at radius 3 is 2.42 bits per heavy atom. The fraction of sp³-hybridized carbons (Fsp3) is 0.158. The van der Waals surface area contributed by atoms with Crippen LogP contribution in [0.1, 0.15) is 21.6 Å². The molecule has 0 fully saturated rings. The summed E-state index contributed by atoms with van der Waals surface area (Å²) in [6.45, 7) is 0. The lowest BCUT2D eigenvalue weighted by atomic mass is 10.1. The lowest BCUT2D eigenvalue weighted by molar-refractivity contribution is 0.0594. The number of fused-ring (bicyclic) bond motifs is 1. The summed E-state index contributed by atoms with van der Waals surface area (Å²) in [5, 5.41) is 0.259. The maximum Gasteiger partial charge on any atom is 0.356 e. The maximum absolute atomic E-state index is 12.6. The zero-order valence-electron chi connectivity index (χ0n) is 14.6. The van der Waals surface area contributed by atoms with Crippen LogP contribution < -0.4 is 11.2 Å². The van der Waals surface area contributed by atoms with Crippen molar-refractivity contribution in [2.24, 2.45) is 14.1 Å². The second-order valence-electron chi connectivity index (χ2n) is 5.74. The van der Waals surface area contributed by atoms with Gasteiger partial charge in [-0.1, -0.05) is 42.5 Å². The number of rotatable bonds is 3. The number of esters is 1. The molecule has 3 aromatic rings. The topological polar surface area (TPSA) is 83.2 Å². The van der Waals surface area contributed by atoms with Gasteiger partial charge >= 0.3 is 11.7 Å². The van der Waals surface area contributed by atoms with Gasteiger partial charge in [-0.05, 0) is 17.2 Å². The van der Waals surface area contributed by atoms with E-state index in [1.807, 2.05) is 36.4 Å². The standard InChI is InChI=1S/C19H17N3O4/c1-21-16-15(17(23)22(2)19(21)25)13(11-14(20-16)18(24)26-3)10-9-12-7-5-4-6-8-12/h4-11H,1-3H3/b10-9+. The molecule has 3 rings (SSSR count). The molecule has 7 heteroatoms. The fourth-order valence-electron chi connectivity index (χ4n) is 2.67. The van der Waals surface area contributed by atoms with Gasteiger partial charge in [-0.15, -0.1) is 0 Å². The van der Waals surface area contributed by atoms with Gasteiger partial charge in [0.2, 0.25) is 0 Å². The fourth-order valence-corrected chi connectivity index (χ4v) is 2.67. The van der Waals surface area contributed by atoms with Crippen molar-refractivity contribution in [1.29, 1.82) is 0 Å². The third-order valence-corrected chi connectivity index (χ3v) is 4.09. The average Bonchev–Trinajstić information content (AvgIpc) is 2.68. The molecule has 7 nitrogen and oxygen atoms in total. The van der Waals surface area contributed by atoms with Crippen LogP contribution in [0.5, 0.6) is 0 Å². The molecule has 132 valence electrons. The van der Waals surface area contributed by atoms with E-state index in [1.54, 1.807) is 6.08 Å². The summed E-state index contributed by atoms with van der Waals surface area (Å²) in [6, 6.07) is 11.0. The summed E-state index contributed by atoms with van der Waals surface area (Å²) < 4.78 is 6.99. The number of pyridine rings is 1. The predicted molar refractivity (Wildman–Crippen MR) is 98.9 cm³/mol. The van der Waals surface area contributed by atoms with Crippen LogP contribution in [0.15, 0.2) is 46.0 Å². The Morgan fingerprint density at radius 1 is 1.08 bits per heavy atom. The Balaban J connectivity index is 2.35. The van der Waals surface area contributed by atoms with Gasteiger partial charge in [-0.2, -0.15) is 0 Å². The highest BCUT2D eigenvalue weighted by molar-refractivity contribution is 5.95. The van der Waals surface area contributed by atoms with Gasteiger partial charge in [-0.25, -0.2) is 14.6 Å². The van der Waals surface area contributed by atoms with Crippen molar-refractivity contribution < 1.29 is 9.53 Å². The van der Waals surface area contributed by atoms with E-state index in [0.717, 1.165) is 10.1 Å². The number of carbonyl (C=O) groups excluding carboxylic acids is 1. The normalized spacial score (nSPS) is 11.2. The highest BCUT2D eigenvalue weighted by Gasteiger charge is 2.17. The zero-order chi connectivity index (χ0) is 18.8. The van der Waals surface area contributed by atoms with Crippen LogP contribution >= 0.6 is 0 Å². The average molecular weight is 351 g/mol. The number of aromatic nitrogens is 3. The molecule has 0 spiro atoms. The monoisotopic (exact) mass is 351 g/mol. The van der Waals surface area contributed by atoms with Crippen molar-refractivity contribution in [3.05, 3.63) is 74.1 Å². The minimum absolute atomic E-state index is 0.0240. The van der Waals surface area contributed by atoms with Gasteiger partial charge in [0, 0.05) is 14.1 Å². The van der Waals surface area contributed by atoms with Crippen LogP contribution in [0.4, 0.5) is 0 Å². The molecule has 0 amide bonds. The number of methoxy groups -OCH3 is 1. The van der Waals surface area contributed by atoms with Crippen LogP contribution in [0.3, 0.4) is 0 Å². The third-order valence-electron chi connectivity index (χ3n) is 4.09. The van der Waals surface area contributed by atoms with Crippen molar-refractivity contribution in [2.75, 3.05) is 7.11 Å². The molecule has 2 heterocycles. The molecule has 0 saturated heterocycles. The summed E-state index contributed by atoms with van der Waals surface area (Å²) in [5.41, 5.74) is 0.577. The molecular formula is C19H17N3O4. The predicted octanol–water partition coefficient (Wildman–Crippen LogP) is 1.59. The molecular weight excluding hydrogens is 334 g/mol. The number of hydrogen-bond acceptors (Lipinski definition) is 5. The quantitative estimate of drug-likeness (QED) is 0.669. The van der Waals surface area contributed by atoms with E-state index in [2.05, 4.69) is 4.98 Å². The van der Waals surface area contributed by atoms with Crippen LogP contribution in [0, 0.1) is 0 Å². The van der Waals surface area contributed by atoms with Crippen molar-refractivity contribution in [3.63, 3.8) is 0 Å². The largest absolute Gasteiger partial charge is 0.464 e. The van der Waals surface area contributed by atoms with Gasteiger partial charge in [-0.3, -0.25) is 13.9 Å². The van der Waals surface area contributed by atoms with Gasteiger partial charge in [0.1, 0.15) is 0 Å². The highest BCUT2D eigenvalue weighted by Crippen LogP contribution is 2.17. The lowest BCUT2D eigenvalue weighted by Gasteiger charge is -2.10. The molecule has 0 aliphatic heterocycles. The Hall–Kier alpha value is -3.48. The van der Waals surface area contributed by atoms with E-state index in [-0.39, 0.29) is 16.7 Å². The van der Waals surface area contributed by atoms with Gasteiger partial charge in [0.15, 0.2) is 11.3 Å². The molecule has 0 atom stereocenters. The molecule has 0 unspecified atom stereocenters. The number of hydrogen-bond donors (Lipinski definition) is 0. The molecule has 0 radical (unpaired) electrons. The molecule has 26 heavy (non-hydrogen) atoms. The van der Waals surface area contributed by atoms with Crippen molar-refractivity contribution in [2.45, 2.75) is 0 Å². The number of carbonyl (C=O) groups is 1. The van der Waals surface area contributed by atoms with Crippen LogP contribution in [-0.2, 0) is 18.8 Å². The summed E-state index contributed by atoms with van der Waals surface area (Å²) in [7, 11) is 4.16. The Morgan fingerprint density at radius 2 is 1.77 bits per heavy atom. The minimum atomic E-state index is -0.644. The van der Waals surface area contributed by atoms with E-state index < -0.39 is 17.2 Å². The number of aryl methyl sites for hydroxylation is 1. The Kier molecular flexibility index (Phi) is 4.53. The molecule has 0 bridgehead atoms. The minimum Gasteiger partial charge on any atom is -0.464 e. The summed E-state index contributed by atoms with van der Waals surface area (Å²) in [5.74, 6) is -0.644. The summed E-state index contributed by atoms with van der Waals surface area (Å²) >= 11 is 0. The molecule has 0 aliphatic rings. The van der Waals surface area contributed by atoms with E-state index in [0.29, 0.717) is 5.56 Å². The van der Waals surface area contributed by atoms with Gasteiger partial charge < -0.3 is 4.74 Å². The van der Waals surface area contributed by atoms with E-state index in [4.69, 9.17) is 4.74 Å². The first-order valence-corrected chi connectivity index (χ1v) is 7.86. The summed E-state index contributed by atoms with van der Waals surface area (Å²) in [4.78, 5) is 41.0. The first-order valence-electron chi connectivity index (χ1n) is 7.86. The van der Waals surface area contributed by atoms with Crippen LogP contribution in [0.2, 0.25) is 0 Å². The lowest BCUT2D eigenvalue weighted by Crippen LogP contribution is -2.37. The molecule has 0 saturated carbocycles. The summed E-state index contributed by atoms with van der Waals surface area (Å²) in [6.07, 6.45) is 3.54. The van der Waals surface area contributed by atoms with E-state index in [9.17, 15) is 14.4 Å². The van der Waals surface area contributed by atoms with Crippen LogP contribution in [0.25, 0.3) is 23.2 Å². The Labute approximate surface area is 148 Å². The smallest absolute Gasteiger partial charge is 0.356 e. The van der Waals surface area contributed by atoms with Gasteiger partial charge in [0.25, 0.3) is 5.56 Å². The van der Waals surface area contributed by atoms with Crippen LogP contribution in [-0.4, -0.2) is 27.2 Å². The number of ether oxygens (including phenoxy) is 1. The third kappa shape index (κ3) is 2.95. The van der Waals surface area contributed by atoms with E-state index in [1.165, 1.54) is 31.8 Å². The second-order valence-corrected chi connectivity index (χ2v) is 5.74. The molecule has 0 aliphatic carbocycles. The van der Waals surface area contributed by atoms with E-state index >= 15 is 0 Å². The highest BCUT2D eigenvalue weighted by atomic mass is 16.5. The van der Waals surface area contributed by atoms with Gasteiger partial charge in [0.05, 0.1) is 12.5 Å². The van der Waals surface area contributed by atoms with Crippen molar-refractivity contribution in [1.82, 2.24) is 14.1 Å². The molecule has 2 aromatic heterocycles. The van der Waals surface area contributed by atoms with Crippen molar-refractivity contribution in [3.8, 4) is 0 Å². The van der Waals surface area contributed by atoms with Crippen molar-refractivity contribution >= 4 is 29.2 Å².